The van der Waals surface area contributed by atoms with E-state index in [1.165, 1.54) is 11.2 Å². The number of amides is 1. The van der Waals surface area contributed by atoms with E-state index in [9.17, 15) is 4.79 Å². The van der Waals surface area contributed by atoms with Crippen LogP contribution in [0.3, 0.4) is 0 Å². The van der Waals surface area contributed by atoms with E-state index in [2.05, 4.69) is 15.1 Å². The molecule has 0 saturated carbocycles. The molecule has 1 aromatic carbocycles. The third-order valence-corrected chi connectivity index (χ3v) is 4.37. The first-order chi connectivity index (χ1) is 11.5. The van der Waals surface area contributed by atoms with Crippen molar-refractivity contribution in [2.45, 2.75) is 6.04 Å². The van der Waals surface area contributed by atoms with Gasteiger partial charge in [0.25, 0.3) is 0 Å². The Morgan fingerprint density at radius 2 is 1.96 bits per heavy atom. The van der Waals surface area contributed by atoms with Gasteiger partial charge in [-0.1, -0.05) is 23.7 Å². The Labute approximate surface area is 141 Å². The van der Waals surface area contributed by atoms with E-state index in [1.807, 2.05) is 12.1 Å². The van der Waals surface area contributed by atoms with Gasteiger partial charge in [0.1, 0.15) is 17.8 Å². The van der Waals surface area contributed by atoms with Crippen LogP contribution < -0.4 is 5.73 Å². The Morgan fingerprint density at radius 1 is 1.25 bits per heavy atom. The van der Waals surface area contributed by atoms with Crippen LogP contribution in [-0.2, 0) is 0 Å². The van der Waals surface area contributed by atoms with Gasteiger partial charge in [-0.05, 0) is 12.1 Å². The minimum absolute atomic E-state index is 0.0704. The Hall–Kier alpha value is -2.87. The number of anilines is 1. The summed E-state index contributed by atoms with van der Waals surface area (Å²) in [5, 5.41) is 14.9. The first-order valence-corrected chi connectivity index (χ1v) is 7.65. The third kappa shape index (κ3) is 2.23. The normalized spacial score (nSPS) is 14.8. The van der Waals surface area contributed by atoms with Gasteiger partial charge >= 0.3 is 6.09 Å². The molecule has 0 radical (unpaired) electrons. The molecule has 0 bridgehead atoms. The average molecular weight is 345 g/mol. The van der Waals surface area contributed by atoms with Crippen molar-refractivity contribution in [3.8, 4) is 11.3 Å². The Morgan fingerprint density at radius 3 is 2.62 bits per heavy atom. The minimum Gasteiger partial charge on any atom is -0.465 e. The van der Waals surface area contributed by atoms with Crippen LogP contribution in [-0.4, -0.2) is 48.9 Å². The molecule has 1 aliphatic heterocycles. The van der Waals surface area contributed by atoms with E-state index in [0.29, 0.717) is 40.7 Å². The van der Waals surface area contributed by atoms with Gasteiger partial charge in [-0.3, -0.25) is 0 Å². The molecule has 3 aromatic rings. The van der Waals surface area contributed by atoms with Crippen molar-refractivity contribution in [1.29, 1.82) is 0 Å². The van der Waals surface area contributed by atoms with Gasteiger partial charge in [0.05, 0.1) is 11.4 Å². The van der Waals surface area contributed by atoms with Crippen molar-refractivity contribution in [2.24, 2.45) is 0 Å². The summed E-state index contributed by atoms with van der Waals surface area (Å²) in [6, 6.07) is 7.18. The monoisotopic (exact) mass is 344 g/mol. The van der Waals surface area contributed by atoms with Gasteiger partial charge in [-0.25, -0.2) is 19.4 Å². The molecule has 1 fully saturated rings. The number of nitrogens with zero attached hydrogens (tertiary/aromatic N) is 5. The first kappa shape index (κ1) is 14.7. The third-order valence-electron chi connectivity index (χ3n) is 4.11. The van der Waals surface area contributed by atoms with Crippen LogP contribution in [0.4, 0.5) is 10.6 Å². The molecular formula is C15H13ClN6O2. The molecule has 0 unspecified atom stereocenters. The van der Waals surface area contributed by atoms with Crippen molar-refractivity contribution >= 4 is 34.5 Å². The molecule has 4 rings (SSSR count). The van der Waals surface area contributed by atoms with E-state index >= 15 is 0 Å². The molecule has 2 aromatic heterocycles. The summed E-state index contributed by atoms with van der Waals surface area (Å²) in [6.45, 7) is 0.742. The molecule has 1 aliphatic rings. The minimum atomic E-state index is -0.935. The molecule has 24 heavy (non-hydrogen) atoms. The van der Waals surface area contributed by atoms with Crippen LogP contribution in [0.25, 0.3) is 22.3 Å². The number of nitrogens with two attached hydrogens (primary N) is 1. The van der Waals surface area contributed by atoms with Crippen molar-refractivity contribution in [3.63, 3.8) is 0 Å². The summed E-state index contributed by atoms with van der Waals surface area (Å²) in [7, 11) is 0. The number of fused-ring (bicyclic) bond motifs is 1. The van der Waals surface area contributed by atoms with Gasteiger partial charge in [-0.2, -0.15) is 5.10 Å². The standard InChI is InChI=1S/C15H13ClN6O2/c16-9-3-1-8(2-4-9)12-11-13(17)18-7-19-14(11)22(20-12)10-5-21(6-10)15(23)24/h1-4,7,10H,5-6H2,(H,23,24)(H2,17,18,19). The van der Waals surface area contributed by atoms with Gasteiger partial charge in [0, 0.05) is 23.7 Å². The van der Waals surface area contributed by atoms with Crippen LogP contribution in [0.15, 0.2) is 30.6 Å². The number of hydrogen-bond acceptors (Lipinski definition) is 5. The number of aromatic nitrogens is 4. The van der Waals surface area contributed by atoms with Crippen molar-refractivity contribution in [2.75, 3.05) is 18.8 Å². The zero-order valence-electron chi connectivity index (χ0n) is 12.4. The lowest BCUT2D eigenvalue weighted by Crippen LogP contribution is -2.50. The van der Waals surface area contributed by atoms with E-state index in [1.54, 1.807) is 16.8 Å². The highest BCUT2D eigenvalue weighted by Gasteiger charge is 2.34. The number of rotatable bonds is 2. The largest absolute Gasteiger partial charge is 0.465 e. The van der Waals surface area contributed by atoms with E-state index in [-0.39, 0.29) is 6.04 Å². The zero-order valence-corrected chi connectivity index (χ0v) is 13.2. The smallest absolute Gasteiger partial charge is 0.407 e. The second kappa shape index (κ2) is 5.34. The van der Waals surface area contributed by atoms with Gasteiger partial charge < -0.3 is 15.7 Å². The van der Waals surface area contributed by atoms with E-state index in [4.69, 9.17) is 22.4 Å². The fourth-order valence-electron chi connectivity index (χ4n) is 2.83. The van der Waals surface area contributed by atoms with Crippen molar-refractivity contribution in [1.82, 2.24) is 24.6 Å². The fraction of sp³-hybridized carbons (Fsp3) is 0.200. The molecule has 122 valence electrons. The van der Waals surface area contributed by atoms with Gasteiger partial charge in [-0.15, -0.1) is 0 Å². The highest BCUT2D eigenvalue weighted by Crippen LogP contribution is 2.34. The molecule has 9 heteroatoms. The van der Waals surface area contributed by atoms with Crippen LogP contribution in [0.5, 0.6) is 0 Å². The summed E-state index contributed by atoms with van der Waals surface area (Å²) in [4.78, 5) is 20.6. The maximum atomic E-state index is 11.0. The average Bonchev–Trinajstić information content (AvgIpc) is 2.87. The molecule has 0 spiro atoms. The van der Waals surface area contributed by atoms with Crippen molar-refractivity contribution in [3.05, 3.63) is 35.6 Å². The number of halogens is 1. The first-order valence-electron chi connectivity index (χ1n) is 7.27. The molecule has 1 saturated heterocycles. The molecule has 3 heterocycles. The SMILES string of the molecule is Nc1ncnc2c1c(-c1ccc(Cl)cc1)nn2C1CN(C(=O)O)C1. The fourth-order valence-corrected chi connectivity index (χ4v) is 2.95. The number of carbonyl (C=O) groups is 1. The quantitative estimate of drug-likeness (QED) is 0.737. The predicted octanol–water partition coefficient (Wildman–Crippen LogP) is 2.26. The molecule has 8 nitrogen and oxygen atoms in total. The maximum Gasteiger partial charge on any atom is 0.407 e. The van der Waals surface area contributed by atoms with E-state index in [0.717, 1.165) is 5.56 Å². The predicted molar refractivity (Wildman–Crippen MR) is 88.8 cm³/mol. The summed E-state index contributed by atoms with van der Waals surface area (Å²) in [6.07, 6.45) is 0.449. The maximum absolute atomic E-state index is 11.0. The highest BCUT2D eigenvalue weighted by atomic mass is 35.5. The summed E-state index contributed by atoms with van der Waals surface area (Å²) >= 11 is 5.95. The lowest BCUT2D eigenvalue weighted by Gasteiger charge is -2.36. The number of nitrogen functional groups attached to an aromatic ring is 1. The number of likely N-dealkylation sites (tertiary alicyclic amines) is 1. The lowest BCUT2D eigenvalue weighted by molar-refractivity contribution is 0.0827. The van der Waals surface area contributed by atoms with E-state index < -0.39 is 6.09 Å². The molecule has 0 aliphatic carbocycles. The number of hydrogen-bond donors (Lipinski definition) is 2. The molecule has 1 amide bonds. The zero-order chi connectivity index (χ0) is 16.8. The van der Waals surface area contributed by atoms with Crippen LogP contribution in [0, 0.1) is 0 Å². The summed E-state index contributed by atoms with van der Waals surface area (Å²) in [5.74, 6) is 0.339. The second-order valence-electron chi connectivity index (χ2n) is 5.60. The summed E-state index contributed by atoms with van der Waals surface area (Å²) < 4.78 is 1.73. The second-order valence-corrected chi connectivity index (χ2v) is 6.04. The van der Waals surface area contributed by atoms with Gasteiger partial charge in [0.2, 0.25) is 0 Å². The van der Waals surface area contributed by atoms with Crippen LogP contribution in [0.2, 0.25) is 5.02 Å². The molecule has 0 atom stereocenters. The summed E-state index contributed by atoms with van der Waals surface area (Å²) in [5.41, 5.74) is 8.14. The topological polar surface area (TPSA) is 110 Å². The van der Waals surface area contributed by atoms with Crippen molar-refractivity contribution < 1.29 is 9.90 Å². The Balaban J connectivity index is 1.83. The molecule has 3 N–H and O–H groups in total. The lowest BCUT2D eigenvalue weighted by atomic mass is 10.1. The number of benzene rings is 1. The molecular weight excluding hydrogens is 332 g/mol. The van der Waals surface area contributed by atoms with Crippen LogP contribution in [0.1, 0.15) is 6.04 Å². The Bertz CT molecular complexity index is 933. The van der Waals surface area contributed by atoms with Crippen LogP contribution >= 0.6 is 11.6 Å². The Kier molecular flexibility index (Phi) is 3.27. The van der Waals surface area contributed by atoms with Gasteiger partial charge in [0.15, 0.2) is 5.65 Å². The highest BCUT2D eigenvalue weighted by molar-refractivity contribution is 6.30. The number of carboxylic acid groups (broad SMARTS) is 1.